The molecule has 0 radical (unpaired) electrons. The van der Waals surface area contributed by atoms with Crippen LogP contribution in [0.4, 0.5) is 5.69 Å². The van der Waals surface area contributed by atoms with Gasteiger partial charge >= 0.3 is 0 Å². The summed E-state index contributed by atoms with van der Waals surface area (Å²) in [7, 11) is 0. The number of aromatic nitrogens is 1. The molecule has 1 aliphatic carbocycles. The Kier molecular flexibility index (Phi) is 2.68. The lowest BCUT2D eigenvalue weighted by atomic mass is 9.69. The van der Waals surface area contributed by atoms with Crippen LogP contribution in [0.1, 0.15) is 19.3 Å². The van der Waals surface area contributed by atoms with Crippen LogP contribution in [0.2, 0.25) is 0 Å². The second-order valence-corrected chi connectivity index (χ2v) is 4.88. The first-order valence-electron chi connectivity index (χ1n) is 6.32. The fraction of sp³-hybridized carbons (Fsp3) is 0.267. The number of benzene rings is 1. The van der Waals surface area contributed by atoms with Crippen molar-refractivity contribution in [2.45, 2.75) is 19.3 Å². The summed E-state index contributed by atoms with van der Waals surface area (Å²) in [4.78, 5) is 16.5. The highest BCUT2D eigenvalue weighted by molar-refractivity contribution is 6.04. The van der Waals surface area contributed by atoms with Crippen molar-refractivity contribution in [2.75, 3.05) is 5.32 Å². The minimum absolute atomic E-state index is 0.197. The Morgan fingerprint density at radius 1 is 1.32 bits per heavy atom. The van der Waals surface area contributed by atoms with Gasteiger partial charge in [0, 0.05) is 11.6 Å². The molecule has 1 amide bonds. The third-order valence-corrected chi connectivity index (χ3v) is 3.75. The monoisotopic (exact) mass is 251 g/mol. The van der Waals surface area contributed by atoms with Gasteiger partial charge in [-0.15, -0.1) is 0 Å². The number of rotatable bonds is 2. The Labute approximate surface area is 111 Å². The zero-order chi connectivity index (χ0) is 13.3. The van der Waals surface area contributed by atoms with Gasteiger partial charge in [0.25, 0.3) is 0 Å². The summed E-state index contributed by atoms with van der Waals surface area (Å²) in [5.74, 6) is -0.197. The van der Waals surface area contributed by atoms with Crippen molar-refractivity contribution >= 4 is 22.5 Å². The van der Waals surface area contributed by atoms with Crippen LogP contribution < -0.4 is 5.32 Å². The lowest BCUT2D eigenvalue weighted by molar-refractivity contribution is -0.126. The van der Waals surface area contributed by atoms with Gasteiger partial charge in [-0.1, -0.05) is 6.07 Å². The topological polar surface area (TPSA) is 65.8 Å². The molecule has 0 unspecified atom stereocenters. The Balaban J connectivity index is 1.94. The summed E-state index contributed by atoms with van der Waals surface area (Å²) in [6.07, 6.45) is 3.96. The third kappa shape index (κ3) is 1.84. The summed E-state index contributed by atoms with van der Waals surface area (Å²) in [5.41, 5.74) is 0.724. The van der Waals surface area contributed by atoms with Gasteiger partial charge < -0.3 is 5.32 Å². The highest BCUT2D eigenvalue weighted by atomic mass is 16.2. The second kappa shape index (κ2) is 4.36. The number of carbonyl (C=O) groups excluding carboxylic acids is 1. The van der Waals surface area contributed by atoms with Crippen LogP contribution in [0.3, 0.4) is 0 Å². The SMILES string of the molecule is N#CC1(C(=O)Nc2cccc3ncccc23)CCC1. The molecule has 0 aliphatic heterocycles. The maximum absolute atomic E-state index is 12.2. The van der Waals surface area contributed by atoms with E-state index in [4.69, 9.17) is 0 Å². The van der Waals surface area contributed by atoms with E-state index < -0.39 is 5.41 Å². The van der Waals surface area contributed by atoms with Crippen molar-refractivity contribution < 1.29 is 4.79 Å². The van der Waals surface area contributed by atoms with Crippen molar-refractivity contribution in [1.29, 1.82) is 5.26 Å². The molecule has 2 aromatic rings. The summed E-state index contributed by atoms with van der Waals surface area (Å²) >= 11 is 0. The van der Waals surface area contributed by atoms with Gasteiger partial charge in [0.2, 0.25) is 5.91 Å². The molecule has 19 heavy (non-hydrogen) atoms. The average molecular weight is 251 g/mol. The van der Waals surface area contributed by atoms with E-state index in [2.05, 4.69) is 16.4 Å². The highest BCUT2D eigenvalue weighted by Crippen LogP contribution is 2.41. The first kappa shape index (κ1) is 11.7. The molecule has 0 bridgehead atoms. The van der Waals surface area contributed by atoms with Crippen LogP contribution in [0.25, 0.3) is 10.9 Å². The summed E-state index contributed by atoms with van der Waals surface area (Å²) in [5, 5.41) is 12.9. The maximum Gasteiger partial charge on any atom is 0.244 e. The molecule has 4 nitrogen and oxygen atoms in total. The fourth-order valence-corrected chi connectivity index (χ4v) is 2.37. The van der Waals surface area contributed by atoms with E-state index in [1.165, 1.54) is 0 Å². The highest BCUT2D eigenvalue weighted by Gasteiger charge is 2.44. The van der Waals surface area contributed by atoms with Crippen LogP contribution in [0.5, 0.6) is 0 Å². The van der Waals surface area contributed by atoms with Crippen molar-refractivity contribution in [3.05, 3.63) is 36.5 Å². The first-order valence-corrected chi connectivity index (χ1v) is 6.32. The molecule has 1 aromatic heterocycles. The van der Waals surface area contributed by atoms with Crippen LogP contribution in [-0.2, 0) is 4.79 Å². The standard InChI is InChI=1S/C15H13N3O/c16-10-15(7-3-8-15)14(19)18-13-6-1-5-12-11(13)4-2-9-17-12/h1-2,4-6,9H,3,7-8H2,(H,18,19). The van der Waals surface area contributed by atoms with Crippen molar-refractivity contribution in [3.63, 3.8) is 0 Å². The zero-order valence-electron chi connectivity index (χ0n) is 10.4. The van der Waals surface area contributed by atoms with E-state index in [-0.39, 0.29) is 5.91 Å². The van der Waals surface area contributed by atoms with Gasteiger partial charge in [-0.3, -0.25) is 9.78 Å². The van der Waals surface area contributed by atoms with Gasteiger partial charge in [-0.05, 0) is 43.5 Å². The third-order valence-electron chi connectivity index (χ3n) is 3.75. The molecule has 1 heterocycles. The second-order valence-electron chi connectivity index (χ2n) is 4.88. The Hall–Kier alpha value is -2.41. The molecule has 1 saturated carbocycles. The number of nitriles is 1. The fourth-order valence-electron chi connectivity index (χ4n) is 2.37. The number of hydrogen-bond acceptors (Lipinski definition) is 3. The summed E-state index contributed by atoms with van der Waals surface area (Å²) in [6, 6.07) is 11.5. The molecule has 3 rings (SSSR count). The maximum atomic E-state index is 12.2. The van der Waals surface area contributed by atoms with Gasteiger partial charge in [0.15, 0.2) is 0 Å². The largest absolute Gasteiger partial charge is 0.324 e. The molecule has 0 atom stereocenters. The number of pyridine rings is 1. The molecule has 0 spiro atoms. The van der Waals surface area contributed by atoms with Crippen LogP contribution >= 0.6 is 0 Å². The Bertz CT molecular complexity index is 678. The number of fused-ring (bicyclic) bond motifs is 1. The van der Waals surface area contributed by atoms with E-state index in [9.17, 15) is 10.1 Å². The minimum atomic E-state index is -0.829. The molecule has 4 heteroatoms. The number of nitrogens with one attached hydrogen (secondary N) is 1. The molecule has 1 fully saturated rings. The van der Waals surface area contributed by atoms with E-state index >= 15 is 0 Å². The number of amides is 1. The minimum Gasteiger partial charge on any atom is -0.324 e. The number of nitrogens with zero attached hydrogens (tertiary/aromatic N) is 2. The number of carbonyl (C=O) groups is 1. The normalized spacial score (nSPS) is 16.4. The van der Waals surface area contributed by atoms with Crippen LogP contribution in [0, 0.1) is 16.7 Å². The van der Waals surface area contributed by atoms with E-state index in [1.54, 1.807) is 6.20 Å². The molecule has 0 saturated heterocycles. The van der Waals surface area contributed by atoms with E-state index in [0.717, 1.165) is 23.0 Å². The Morgan fingerprint density at radius 2 is 2.16 bits per heavy atom. The number of anilines is 1. The zero-order valence-corrected chi connectivity index (χ0v) is 10.4. The van der Waals surface area contributed by atoms with Gasteiger partial charge in [0.05, 0.1) is 17.3 Å². The predicted octanol–water partition coefficient (Wildman–Crippen LogP) is 2.87. The Morgan fingerprint density at radius 3 is 2.84 bits per heavy atom. The van der Waals surface area contributed by atoms with Gasteiger partial charge in [-0.25, -0.2) is 0 Å². The van der Waals surface area contributed by atoms with Crippen molar-refractivity contribution in [1.82, 2.24) is 4.98 Å². The molecular weight excluding hydrogens is 238 g/mol. The lowest BCUT2D eigenvalue weighted by Crippen LogP contribution is -2.40. The van der Waals surface area contributed by atoms with E-state index in [0.29, 0.717) is 12.8 Å². The first-order chi connectivity index (χ1) is 9.25. The molecule has 1 aromatic carbocycles. The summed E-state index contributed by atoms with van der Waals surface area (Å²) < 4.78 is 0. The van der Waals surface area contributed by atoms with Gasteiger partial charge in [0.1, 0.15) is 5.41 Å². The molecule has 1 N–H and O–H groups in total. The van der Waals surface area contributed by atoms with Crippen molar-refractivity contribution in [2.24, 2.45) is 5.41 Å². The number of hydrogen-bond donors (Lipinski definition) is 1. The molecule has 94 valence electrons. The van der Waals surface area contributed by atoms with Gasteiger partial charge in [-0.2, -0.15) is 5.26 Å². The predicted molar refractivity (Wildman–Crippen MR) is 72.3 cm³/mol. The van der Waals surface area contributed by atoms with E-state index in [1.807, 2.05) is 30.3 Å². The lowest BCUT2D eigenvalue weighted by Gasteiger charge is -2.33. The molecule has 1 aliphatic rings. The van der Waals surface area contributed by atoms with Crippen LogP contribution in [-0.4, -0.2) is 10.9 Å². The van der Waals surface area contributed by atoms with Crippen LogP contribution in [0.15, 0.2) is 36.5 Å². The van der Waals surface area contributed by atoms with Crippen molar-refractivity contribution in [3.8, 4) is 6.07 Å². The smallest absolute Gasteiger partial charge is 0.244 e. The quantitative estimate of drug-likeness (QED) is 0.892. The summed E-state index contributed by atoms with van der Waals surface area (Å²) in [6.45, 7) is 0. The average Bonchev–Trinajstić information content (AvgIpc) is 2.38. The molecular formula is C15H13N3O.